The molecule has 2 aromatic rings. The van der Waals surface area contributed by atoms with E-state index in [0.717, 1.165) is 25.9 Å². The Balaban J connectivity index is 1.32. The molecule has 5 atom stereocenters. The number of nitrogens with zero attached hydrogens (tertiary/aromatic N) is 1. The Morgan fingerprint density at radius 1 is 1.10 bits per heavy atom. The molecule has 1 N–H and O–H groups in total. The number of nitrogens with one attached hydrogen (secondary N) is 1. The second-order valence-corrected chi connectivity index (χ2v) is 10.6. The first-order chi connectivity index (χ1) is 14.6. The molecule has 1 aromatic carbocycles. The van der Waals surface area contributed by atoms with E-state index >= 15 is 0 Å². The fourth-order valence-electron chi connectivity index (χ4n) is 7.93. The number of benzene rings is 1. The van der Waals surface area contributed by atoms with Gasteiger partial charge in [-0.1, -0.05) is 31.2 Å². The Morgan fingerprint density at radius 2 is 2.07 bits per heavy atom. The summed E-state index contributed by atoms with van der Waals surface area (Å²) in [7, 11) is 0. The number of allylic oxidation sites excluding steroid dienone is 1. The number of hydrogen-bond donors (Lipinski definition) is 1. The van der Waals surface area contributed by atoms with Crippen molar-refractivity contribution >= 4 is 10.8 Å². The van der Waals surface area contributed by atoms with Gasteiger partial charge in [-0.05, 0) is 96.5 Å². The molecule has 30 heavy (non-hydrogen) atoms. The first-order valence-corrected chi connectivity index (χ1v) is 11.8. The number of fused-ring (bicyclic) bond motifs is 2. The van der Waals surface area contributed by atoms with Crippen molar-refractivity contribution in [1.82, 2.24) is 10.3 Å². The number of piperidine rings is 1. The predicted octanol–water partition coefficient (Wildman–Crippen LogP) is 5.29. The maximum atomic E-state index is 7.23. The standard InChI is InChI=1S/C27H30N2O/c1-25-8-6-21-15-22-17-29-13-11-26(22)9-10-27(21,30-26)24(25)5-4-23(25)19-3-2-18-7-12-28-16-20(18)14-19/h2-3,6-7,12,14-16,23-24,29H,4-5,8-11,13,17H2,1H3/t23-,24-,25?,26-,27-/m1/s1. The molecule has 154 valence electrons. The number of aromatic nitrogens is 1. The first-order valence-electron chi connectivity index (χ1n) is 11.8. The minimum atomic E-state index is -0.0407. The van der Waals surface area contributed by atoms with Crippen LogP contribution in [0.2, 0.25) is 0 Å². The van der Waals surface area contributed by atoms with Crippen LogP contribution in [-0.2, 0) is 4.74 Å². The van der Waals surface area contributed by atoms with Crippen molar-refractivity contribution in [2.75, 3.05) is 13.1 Å². The van der Waals surface area contributed by atoms with Crippen LogP contribution in [0.1, 0.15) is 56.9 Å². The predicted molar refractivity (Wildman–Crippen MR) is 119 cm³/mol. The molecule has 0 radical (unpaired) electrons. The van der Waals surface area contributed by atoms with Gasteiger partial charge in [0.15, 0.2) is 0 Å². The second kappa shape index (κ2) is 5.83. The van der Waals surface area contributed by atoms with E-state index in [1.807, 2.05) is 12.4 Å². The highest BCUT2D eigenvalue weighted by Gasteiger charge is 2.66. The van der Waals surface area contributed by atoms with Crippen molar-refractivity contribution in [3.63, 3.8) is 0 Å². The Bertz CT molecular complexity index is 1120. The van der Waals surface area contributed by atoms with E-state index in [1.54, 1.807) is 0 Å². The highest BCUT2D eigenvalue weighted by atomic mass is 16.5. The summed E-state index contributed by atoms with van der Waals surface area (Å²) >= 11 is 0. The lowest BCUT2D eigenvalue weighted by atomic mass is 9.58. The molecule has 0 amide bonds. The van der Waals surface area contributed by atoms with Crippen molar-refractivity contribution in [2.45, 2.75) is 62.6 Å². The van der Waals surface area contributed by atoms with Crippen LogP contribution in [-0.4, -0.2) is 29.3 Å². The van der Waals surface area contributed by atoms with Crippen LogP contribution in [0.4, 0.5) is 0 Å². The Labute approximate surface area is 178 Å². The maximum absolute atomic E-state index is 7.23. The van der Waals surface area contributed by atoms with Crippen LogP contribution < -0.4 is 5.32 Å². The zero-order valence-corrected chi connectivity index (χ0v) is 17.8. The fourth-order valence-corrected chi connectivity index (χ4v) is 7.93. The quantitative estimate of drug-likeness (QED) is 0.709. The highest BCUT2D eigenvalue weighted by molar-refractivity contribution is 5.82. The van der Waals surface area contributed by atoms with Gasteiger partial charge in [0.1, 0.15) is 0 Å². The van der Waals surface area contributed by atoms with E-state index < -0.39 is 0 Å². The summed E-state index contributed by atoms with van der Waals surface area (Å²) in [4.78, 5) is 4.36. The Kier molecular flexibility index (Phi) is 3.44. The molecule has 3 aliphatic heterocycles. The molecule has 7 rings (SSSR count). The molecular formula is C27H30N2O. The molecule has 4 heterocycles. The lowest BCUT2D eigenvalue weighted by Gasteiger charge is -2.54. The minimum absolute atomic E-state index is 0.0214. The third-order valence-electron chi connectivity index (χ3n) is 9.43. The van der Waals surface area contributed by atoms with Crippen LogP contribution in [0.25, 0.3) is 10.8 Å². The van der Waals surface area contributed by atoms with E-state index in [2.05, 4.69) is 53.6 Å². The normalized spacial score (nSPS) is 41.6. The molecule has 2 saturated heterocycles. The Hall–Kier alpha value is -1.97. The summed E-state index contributed by atoms with van der Waals surface area (Å²) in [6.45, 7) is 4.64. The largest absolute Gasteiger partial charge is 0.359 e. The molecule has 3 heteroatoms. The summed E-state index contributed by atoms with van der Waals surface area (Å²) in [5, 5.41) is 6.12. The zero-order chi connectivity index (χ0) is 20.0. The van der Waals surface area contributed by atoms with Gasteiger partial charge < -0.3 is 10.1 Å². The number of hydrogen-bond acceptors (Lipinski definition) is 3. The van der Waals surface area contributed by atoms with Crippen molar-refractivity contribution in [1.29, 1.82) is 0 Å². The molecule has 1 aromatic heterocycles. The van der Waals surface area contributed by atoms with Crippen LogP contribution in [0.5, 0.6) is 0 Å². The molecule has 1 unspecified atom stereocenters. The van der Waals surface area contributed by atoms with Gasteiger partial charge in [-0.2, -0.15) is 0 Å². The van der Waals surface area contributed by atoms with Crippen molar-refractivity contribution in [3.05, 3.63) is 65.5 Å². The van der Waals surface area contributed by atoms with Gasteiger partial charge in [0.25, 0.3) is 0 Å². The third-order valence-corrected chi connectivity index (χ3v) is 9.43. The van der Waals surface area contributed by atoms with Gasteiger partial charge in [0, 0.05) is 24.3 Å². The van der Waals surface area contributed by atoms with Crippen LogP contribution >= 0.6 is 0 Å². The van der Waals surface area contributed by atoms with Crippen LogP contribution in [0.15, 0.2) is 60.0 Å². The number of pyridine rings is 1. The van der Waals surface area contributed by atoms with Gasteiger partial charge in [-0.15, -0.1) is 0 Å². The molecule has 2 bridgehead atoms. The Morgan fingerprint density at radius 3 is 3.03 bits per heavy atom. The van der Waals surface area contributed by atoms with E-state index in [4.69, 9.17) is 4.74 Å². The first kappa shape index (κ1) is 17.7. The monoisotopic (exact) mass is 398 g/mol. The zero-order valence-electron chi connectivity index (χ0n) is 17.8. The fraction of sp³-hybridized carbons (Fsp3) is 0.519. The number of rotatable bonds is 1. The maximum Gasteiger partial charge on any atom is 0.0975 e. The molecule has 2 spiro atoms. The van der Waals surface area contributed by atoms with Gasteiger partial charge in [-0.3, -0.25) is 4.98 Å². The highest BCUT2D eigenvalue weighted by Crippen LogP contribution is 2.68. The van der Waals surface area contributed by atoms with E-state index in [9.17, 15) is 0 Å². The molecule has 2 aliphatic carbocycles. The molecular weight excluding hydrogens is 368 g/mol. The van der Waals surface area contributed by atoms with Crippen molar-refractivity contribution < 1.29 is 4.74 Å². The summed E-state index contributed by atoms with van der Waals surface area (Å²) < 4.78 is 7.23. The van der Waals surface area contributed by atoms with Crippen molar-refractivity contribution in [3.8, 4) is 0 Å². The van der Waals surface area contributed by atoms with Gasteiger partial charge >= 0.3 is 0 Å². The third kappa shape index (κ3) is 2.10. The minimum Gasteiger partial charge on any atom is -0.359 e. The summed E-state index contributed by atoms with van der Waals surface area (Å²) in [5.41, 5.74) is 4.75. The second-order valence-electron chi connectivity index (χ2n) is 10.6. The molecule has 1 saturated carbocycles. The van der Waals surface area contributed by atoms with Gasteiger partial charge in [0.05, 0.1) is 11.2 Å². The SMILES string of the molecule is CC12CC=C3C=C4CNCC[C@]45CC[C@]3(O5)[C@@H]1CC[C@@H]2c1ccc2ccncc2c1. The molecule has 5 aliphatic rings. The van der Waals surface area contributed by atoms with E-state index in [1.165, 1.54) is 53.2 Å². The van der Waals surface area contributed by atoms with E-state index in [0.29, 0.717) is 11.8 Å². The lowest BCUT2D eigenvalue weighted by molar-refractivity contribution is -0.132. The lowest BCUT2D eigenvalue weighted by Crippen LogP contribution is -2.55. The number of ether oxygens (including phenoxy) is 1. The van der Waals surface area contributed by atoms with Gasteiger partial charge in [0.2, 0.25) is 0 Å². The van der Waals surface area contributed by atoms with Crippen molar-refractivity contribution in [2.24, 2.45) is 11.3 Å². The molecule has 3 nitrogen and oxygen atoms in total. The average Bonchev–Trinajstić information content (AvgIpc) is 3.29. The molecule has 3 fully saturated rings. The smallest absolute Gasteiger partial charge is 0.0975 e. The summed E-state index contributed by atoms with van der Waals surface area (Å²) in [6.07, 6.45) is 16.2. The average molecular weight is 399 g/mol. The summed E-state index contributed by atoms with van der Waals surface area (Å²) in [5.74, 6) is 1.21. The van der Waals surface area contributed by atoms with Crippen LogP contribution in [0, 0.1) is 11.3 Å². The van der Waals surface area contributed by atoms with Gasteiger partial charge in [-0.25, -0.2) is 0 Å². The summed E-state index contributed by atoms with van der Waals surface area (Å²) in [6, 6.07) is 9.18. The van der Waals surface area contributed by atoms with E-state index in [-0.39, 0.29) is 16.6 Å². The topological polar surface area (TPSA) is 34.1 Å². The van der Waals surface area contributed by atoms with Crippen LogP contribution in [0.3, 0.4) is 0 Å².